The van der Waals surface area contributed by atoms with E-state index in [1.165, 1.54) is 12.0 Å². The molecule has 1 aromatic rings. The summed E-state index contributed by atoms with van der Waals surface area (Å²) in [6, 6.07) is 6.52. The van der Waals surface area contributed by atoms with E-state index in [1.54, 1.807) is 14.0 Å². The van der Waals surface area contributed by atoms with Crippen LogP contribution in [0.2, 0.25) is 0 Å². The van der Waals surface area contributed by atoms with Gasteiger partial charge in [0.15, 0.2) is 0 Å². The monoisotopic (exact) mass is 318 g/mol. The molecule has 124 valence electrons. The number of urea groups is 1. The third-order valence-corrected chi connectivity index (χ3v) is 3.85. The summed E-state index contributed by atoms with van der Waals surface area (Å²) in [4.78, 5) is 25.8. The van der Waals surface area contributed by atoms with Crippen LogP contribution in [0.25, 0.3) is 0 Å². The van der Waals surface area contributed by atoms with E-state index >= 15 is 0 Å². The van der Waals surface area contributed by atoms with Crippen molar-refractivity contribution in [2.45, 2.75) is 26.3 Å². The molecule has 1 N–H and O–H groups in total. The summed E-state index contributed by atoms with van der Waals surface area (Å²) in [5.74, 6) is 0.183. The fraction of sp³-hybridized carbons (Fsp3) is 0.412. The van der Waals surface area contributed by atoms with Crippen molar-refractivity contribution in [3.05, 3.63) is 41.1 Å². The second kappa shape index (κ2) is 7.17. The number of benzene rings is 1. The lowest BCUT2D eigenvalue weighted by Crippen LogP contribution is -2.46. The average molecular weight is 318 g/mol. The second-order valence-electron chi connectivity index (χ2n) is 5.32. The number of esters is 1. The van der Waals surface area contributed by atoms with E-state index in [1.807, 2.05) is 31.2 Å². The number of hydrogen-bond acceptors (Lipinski definition) is 4. The number of carbonyl (C=O) groups is 2. The maximum Gasteiger partial charge on any atom is 0.337 e. The first kappa shape index (κ1) is 16.9. The molecule has 1 aromatic carbocycles. The maximum absolute atomic E-state index is 12.2. The summed E-state index contributed by atoms with van der Waals surface area (Å²) in [5, 5.41) is 2.84. The van der Waals surface area contributed by atoms with Crippen LogP contribution in [0.15, 0.2) is 35.5 Å². The van der Waals surface area contributed by atoms with Crippen LogP contribution >= 0.6 is 0 Å². The molecule has 23 heavy (non-hydrogen) atoms. The summed E-state index contributed by atoms with van der Waals surface area (Å²) in [6.07, 6.45) is 0.868. The van der Waals surface area contributed by atoms with Crippen LogP contribution in [0, 0.1) is 0 Å². The SMILES string of the molecule is CCCOc1ccccc1[C@@H]1NC(=O)N(C)C(C)=C1C(=O)OC. The summed E-state index contributed by atoms with van der Waals surface area (Å²) in [6.45, 7) is 4.31. The molecule has 0 aliphatic carbocycles. The number of carbonyl (C=O) groups excluding carboxylic acids is 2. The summed E-state index contributed by atoms with van der Waals surface area (Å²) in [7, 11) is 2.94. The van der Waals surface area contributed by atoms with Crippen molar-refractivity contribution < 1.29 is 19.1 Å². The smallest absolute Gasteiger partial charge is 0.337 e. The summed E-state index contributed by atoms with van der Waals surface area (Å²) >= 11 is 0. The van der Waals surface area contributed by atoms with Crippen LogP contribution in [-0.2, 0) is 9.53 Å². The normalized spacial score (nSPS) is 17.8. The van der Waals surface area contributed by atoms with Crippen molar-refractivity contribution in [3.8, 4) is 5.75 Å². The molecule has 0 bridgehead atoms. The first-order chi connectivity index (χ1) is 11.0. The topological polar surface area (TPSA) is 67.9 Å². The Hall–Kier alpha value is -2.50. The minimum Gasteiger partial charge on any atom is -0.493 e. The Labute approximate surface area is 136 Å². The molecule has 1 aliphatic rings. The van der Waals surface area contributed by atoms with Gasteiger partial charge in [-0.15, -0.1) is 0 Å². The molecule has 6 nitrogen and oxygen atoms in total. The lowest BCUT2D eigenvalue weighted by molar-refractivity contribution is -0.136. The van der Waals surface area contributed by atoms with Gasteiger partial charge in [0.1, 0.15) is 5.75 Å². The van der Waals surface area contributed by atoms with Crippen LogP contribution in [0.5, 0.6) is 5.75 Å². The molecule has 0 fully saturated rings. The van der Waals surface area contributed by atoms with Crippen LogP contribution in [-0.4, -0.2) is 37.7 Å². The third kappa shape index (κ3) is 3.31. The van der Waals surface area contributed by atoms with Crippen LogP contribution in [0.3, 0.4) is 0 Å². The largest absolute Gasteiger partial charge is 0.493 e. The molecule has 0 saturated heterocycles. The Kier molecular flexibility index (Phi) is 5.26. The zero-order valence-corrected chi connectivity index (χ0v) is 13.9. The van der Waals surface area contributed by atoms with Crippen molar-refractivity contribution >= 4 is 12.0 Å². The molecule has 0 radical (unpaired) electrons. The molecule has 2 amide bonds. The Morgan fingerprint density at radius 1 is 1.35 bits per heavy atom. The van der Waals surface area contributed by atoms with E-state index in [0.29, 0.717) is 23.6 Å². The predicted octanol–water partition coefficient (Wildman–Crippen LogP) is 2.62. The first-order valence-electron chi connectivity index (χ1n) is 7.56. The van der Waals surface area contributed by atoms with Gasteiger partial charge in [-0.05, 0) is 19.4 Å². The van der Waals surface area contributed by atoms with Gasteiger partial charge in [-0.25, -0.2) is 9.59 Å². The van der Waals surface area contributed by atoms with Crippen LogP contribution in [0.4, 0.5) is 4.79 Å². The zero-order valence-electron chi connectivity index (χ0n) is 13.9. The molecule has 0 aromatic heterocycles. The molecule has 1 heterocycles. The van der Waals surface area contributed by atoms with Crippen LogP contribution < -0.4 is 10.1 Å². The van der Waals surface area contributed by atoms with Gasteiger partial charge >= 0.3 is 12.0 Å². The number of rotatable bonds is 5. The number of methoxy groups -OCH3 is 1. The molecule has 1 aliphatic heterocycles. The lowest BCUT2D eigenvalue weighted by atomic mass is 9.94. The third-order valence-electron chi connectivity index (χ3n) is 3.85. The fourth-order valence-electron chi connectivity index (χ4n) is 2.51. The van der Waals surface area contributed by atoms with Crippen molar-refractivity contribution in [1.29, 1.82) is 0 Å². The number of allylic oxidation sites excluding steroid dienone is 1. The quantitative estimate of drug-likeness (QED) is 0.847. The van der Waals surface area contributed by atoms with Gasteiger partial charge in [0.05, 0.1) is 25.3 Å². The summed E-state index contributed by atoms with van der Waals surface area (Å²) < 4.78 is 10.7. The van der Waals surface area contributed by atoms with Gasteiger partial charge in [0.2, 0.25) is 0 Å². The van der Waals surface area contributed by atoms with Gasteiger partial charge in [0, 0.05) is 18.3 Å². The highest BCUT2D eigenvalue weighted by atomic mass is 16.5. The number of para-hydroxylation sites is 1. The molecule has 2 rings (SSSR count). The van der Waals surface area contributed by atoms with E-state index in [2.05, 4.69) is 5.32 Å². The Balaban J connectivity index is 2.52. The lowest BCUT2D eigenvalue weighted by Gasteiger charge is -2.33. The highest BCUT2D eigenvalue weighted by molar-refractivity contribution is 5.95. The number of nitrogens with zero attached hydrogens (tertiary/aromatic N) is 1. The molecular weight excluding hydrogens is 296 g/mol. The zero-order chi connectivity index (χ0) is 17.0. The molecular formula is C17H22N2O4. The predicted molar refractivity (Wildman–Crippen MR) is 86.0 cm³/mol. The fourth-order valence-corrected chi connectivity index (χ4v) is 2.51. The minimum absolute atomic E-state index is 0.273. The van der Waals surface area contributed by atoms with Crippen molar-refractivity contribution in [2.24, 2.45) is 0 Å². The number of hydrogen-bond donors (Lipinski definition) is 1. The van der Waals surface area contributed by atoms with Crippen molar-refractivity contribution in [1.82, 2.24) is 10.2 Å². The number of amides is 2. The highest BCUT2D eigenvalue weighted by Gasteiger charge is 2.36. The second-order valence-corrected chi connectivity index (χ2v) is 5.32. The minimum atomic E-state index is -0.598. The van der Waals surface area contributed by atoms with E-state index in [9.17, 15) is 9.59 Å². The Morgan fingerprint density at radius 2 is 2.04 bits per heavy atom. The standard InChI is InChI=1S/C17H22N2O4/c1-5-10-23-13-9-7-6-8-12(13)15-14(16(20)22-4)11(2)19(3)17(21)18-15/h6-9,15H,5,10H2,1-4H3,(H,18,21)/t15-/m0/s1. The Morgan fingerprint density at radius 3 is 2.70 bits per heavy atom. The molecule has 1 atom stereocenters. The van der Waals surface area contributed by atoms with E-state index < -0.39 is 12.0 Å². The van der Waals surface area contributed by atoms with E-state index in [-0.39, 0.29) is 6.03 Å². The van der Waals surface area contributed by atoms with Crippen LogP contribution in [0.1, 0.15) is 31.9 Å². The average Bonchev–Trinajstić information content (AvgIpc) is 2.57. The molecule has 0 unspecified atom stereocenters. The van der Waals surface area contributed by atoms with Crippen molar-refractivity contribution in [2.75, 3.05) is 20.8 Å². The molecule has 0 saturated carbocycles. The van der Waals surface area contributed by atoms with Gasteiger partial charge in [0.25, 0.3) is 0 Å². The highest BCUT2D eigenvalue weighted by Crippen LogP contribution is 2.35. The van der Waals surface area contributed by atoms with E-state index in [4.69, 9.17) is 9.47 Å². The molecule has 6 heteroatoms. The Bertz CT molecular complexity index is 639. The van der Waals surface area contributed by atoms with Gasteiger partial charge in [-0.3, -0.25) is 0 Å². The van der Waals surface area contributed by atoms with E-state index in [0.717, 1.165) is 12.0 Å². The first-order valence-corrected chi connectivity index (χ1v) is 7.56. The van der Waals surface area contributed by atoms with Gasteiger partial charge in [-0.2, -0.15) is 0 Å². The summed E-state index contributed by atoms with van der Waals surface area (Å²) in [5.41, 5.74) is 1.71. The van der Waals surface area contributed by atoms with Crippen molar-refractivity contribution in [3.63, 3.8) is 0 Å². The number of ether oxygens (including phenoxy) is 2. The number of nitrogens with one attached hydrogen (secondary N) is 1. The molecule has 0 spiro atoms. The van der Waals surface area contributed by atoms with Gasteiger partial charge in [-0.1, -0.05) is 25.1 Å². The van der Waals surface area contributed by atoms with Gasteiger partial charge < -0.3 is 19.7 Å². The maximum atomic E-state index is 12.2.